The lowest BCUT2D eigenvalue weighted by molar-refractivity contribution is -0.119. The van der Waals surface area contributed by atoms with Gasteiger partial charge in [-0.3, -0.25) is 4.79 Å². The summed E-state index contributed by atoms with van der Waals surface area (Å²) >= 11 is 3.18. The Morgan fingerprint density at radius 1 is 1.38 bits per heavy atom. The summed E-state index contributed by atoms with van der Waals surface area (Å²) in [6.07, 6.45) is 0.839. The molecule has 0 saturated carbocycles. The number of halogens is 1. The normalized spacial score (nSPS) is 12.5. The van der Waals surface area contributed by atoms with Crippen molar-refractivity contribution in [1.29, 1.82) is 0 Å². The molecule has 1 aromatic rings. The maximum absolute atomic E-state index is 11.3. The monoisotopic (exact) mass is 240 g/mol. The van der Waals surface area contributed by atoms with Crippen molar-refractivity contribution in [3.63, 3.8) is 0 Å². The van der Waals surface area contributed by atoms with Crippen molar-refractivity contribution in [1.82, 2.24) is 0 Å². The molecule has 0 radical (unpaired) electrons. The number of rotatable bonds is 4. The molecular weight excluding hydrogens is 228 g/mol. The van der Waals surface area contributed by atoms with Gasteiger partial charge in [-0.25, -0.2) is 0 Å². The summed E-state index contributed by atoms with van der Waals surface area (Å²) in [5.74, 6) is 0.380. The topological polar surface area (TPSA) is 17.1 Å². The van der Waals surface area contributed by atoms with Crippen LogP contribution in [-0.4, -0.2) is 11.1 Å². The van der Waals surface area contributed by atoms with Crippen LogP contribution >= 0.6 is 15.9 Å². The number of Topliss-reactive ketones (excluding diaryl/α,β-unsaturated/α-hetero) is 1. The van der Waals surface area contributed by atoms with Gasteiger partial charge in [0, 0.05) is 5.92 Å². The van der Waals surface area contributed by atoms with E-state index in [4.69, 9.17) is 0 Å². The lowest BCUT2D eigenvalue weighted by Crippen LogP contribution is -2.14. The highest BCUT2D eigenvalue weighted by Gasteiger charge is 2.11. The maximum Gasteiger partial charge on any atom is 0.146 e. The fourth-order valence-corrected chi connectivity index (χ4v) is 1.77. The van der Waals surface area contributed by atoms with E-state index in [-0.39, 0.29) is 11.7 Å². The second kappa shape index (κ2) is 5.18. The van der Waals surface area contributed by atoms with E-state index in [9.17, 15) is 4.79 Å². The van der Waals surface area contributed by atoms with Crippen LogP contribution in [-0.2, 0) is 11.2 Å². The van der Waals surface area contributed by atoms with E-state index in [0.717, 1.165) is 6.42 Å². The van der Waals surface area contributed by atoms with E-state index in [0.29, 0.717) is 5.33 Å². The van der Waals surface area contributed by atoms with Crippen LogP contribution in [0.25, 0.3) is 0 Å². The van der Waals surface area contributed by atoms with Crippen LogP contribution in [0.4, 0.5) is 0 Å². The summed E-state index contributed by atoms with van der Waals surface area (Å²) < 4.78 is 0. The molecule has 1 nitrogen and oxygen atoms in total. The number of benzene rings is 1. The van der Waals surface area contributed by atoms with Gasteiger partial charge >= 0.3 is 0 Å². The SMILES string of the molecule is C[C@@H](Cc1ccccc1)C(=O)CBr. The summed E-state index contributed by atoms with van der Waals surface area (Å²) in [6, 6.07) is 10.1. The first-order valence-corrected chi connectivity index (χ1v) is 5.48. The average Bonchev–Trinajstić information content (AvgIpc) is 2.18. The van der Waals surface area contributed by atoms with Crippen LogP contribution in [0.15, 0.2) is 30.3 Å². The molecular formula is C11H13BrO. The van der Waals surface area contributed by atoms with Crippen molar-refractivity contribution in [2.75, 3.05) is 5.33 Å². The molecule has 0 bridgehead atoms. The van der Waals surface area contributed by atoms with Gasteiger partial charge in [-0.2, -0.15) is 0 Å². The third-order valence-corrected chi connectivity index (χ3v) is 2.62. The largest absolute Gasteiger partial charge is 0.298 e. The molecule has 0 aromatic heterocycles. The molecule has 0 aliphatic heterocycles. The van der Waals surface area contributed by atoms with Gasteiger partial charge in [0.2, 0.25) is 0 Å². The van der Waals surface area contributed by atoms with Crippen molar-refractivity contribution in [2.24, 2.45) is 5.92 Å². The molecule has 2 heteroatoms. The van der Waals surface area contributed by atoms with Gasteiger partial charge in [-0.15, -0.1) is 0 Å². The summed E-state index contributed by atoms with van der Waals surface area (Å²) in [5.41, 5.74) is 1.23. The third kappa shape index (κ3) is 3.31. The molecule has 0 unspecified atom stereocenters. The van der Waals surface area contributed by atoms with E-state index in [1.165, 1.54) is 5.56 Å². The number of alkyl halides is 1. The van der Waals surface area contributed by atoms with E-state index in [1.807, 2.05) is 25.1 Å². The fourth-order valence-electron chi connectivity index (χ4n) is 1.21. The number of hydrogen-bond donors (Lipinski definition) is 0. The summed E-state index contributed by atoms with van der Waals surface area (Å²) in [6.45, 7) is 1.97. The van der Waals surface area contributed by atoms with Gasteiger partial charge in [0.25, 0.3) is 0 Å². The summed E-state index contributed by atoms with van der Waals surface area (Å²) in [5, 5.41) is 0.459. The highest BCUT2D eigenvalue weighted by molar-refractivity contribution is 9.09. The van der Waals surface area contributed by atoms with Gasteiger partial charge in [-0.05, 0) is 12.0 Å². The summed E-state index contributed by atoms with van der Waals surface area (Å²) in [7, 11) is 0. The highest BCUT2D eigenvalue weighted by atomic mass is 79.9. The van der Waals surface area contributed by atoms with E-state index in [1.54, 1.807) is 0 Å². The number of carbonyl (C=O) groups is 1. The smallest absolute Gasteiger partial charge is 0.146 e. The second-order valence-electron chi connectivity index (χ2n) is 3.19. The Morgan fingerprint density at radius 2 is 2.00 bits per heavy atom. The van der Waals surface area contributed by atoms with Gasteiger partial charge in [-0.1, -0.05) is 53.2 Å². The van der Waals surface area contributed by atoms with Crippen molar-refractivity contribution in [2.45, 2.75) is 13.3 Å². The fraction of sp³-hybridized carbons (Fsp3) is 0.364. The molecule has 70 valence electrons. The quantitative estimate of drug-likeness (QED) is 0.741. The standard InChI is InChI=1S/C11H13BrO/c1-9(11(13)8-12)7-10-5-3-2-4-6-10/h2-6,9H,7-8H2,1H3/t9-/m0/s1. The predicted molar refractivity (Wildman–Crippen MR) is 58.1 cm³/mol. The van der Waals surface area contributed by atoms with Crippen LogP contribution in [0.5, 0.6) is 0 Å². The molecule has 1 rings (SSSR count). The van der Waals surface area contributed by atoms with E-state index < -0.39 is 0 Å². The van der Waals surface area contributed by atoms with Gasteiger partial charge < -0.3 is 0 Å². The van der Waals surface area contributed by atoms with Crippen LogP contribution < -0.4 is 0 Å². The summed E-state index contributed by atoms with van der Waals surface area (Å²) in [4.78, 5) is 11.3. The zero-order chi connectivity index (χ0) is 9.68. The molecule has 0 aliphatic carbocycles. The van der Waals surface area contributed by atoms with Crippen LogP contribution in [0.1, 0.15) is 12.5 Å². The molecule has 0 saturated heterocycles. The van der Waals surface area contributed by atoms with Gasteiger partial charge in [0.1, 0.15) is 5.78 Å². The lowest BCUT2D eigenvalue weighted by atomic mass is 9.98. The van der Waals surface area contributed by atoms with Gasteiger partial charge in [0.05, 0.1) is 5.33 Å². The van der Waals surface area contributed by atoms with Gasteiger partial charge in [0.15, 0.2) is 0 Å². The van der Waals surface area contributed by atoms with Crippen LogP contribution in [0.2, 0.25) is 0 Å². The first-order chi connectivity index (χ1) is 6.24. The van der Waals surface area contributed by atoms with Crippen molar-refractivity contribution >= 4 is 21.7 Å². The Balaban J connectivity index is 2.55. The number of hydrogen-bond acceptors (Lipinski definition) is 1. The van der Waals surface area contributed by atoms with E-state index in [2.05, 4.69) is 28.1 Å². The minimum absolute atomic E-state index is 0.113. The molecule has 0 heterocycles. The molecule has 13 heavy (non-hydrogen) atoms. The Hall–Kier alpha value is -0.630. The van der Waals surface area contributed by atoms with Crippen LogP contribution in [0.3, 0.4) is 0 Å². The average molecular weight is 241 g/mol. The minimum atomic E-state index is 0.113. The van der Waals surface area contributed by atoms with Crippen molar-refractivity contribution in [3.8, 4) is 0 Å². The minimum Gasteiger partial charge on any atom is -0.298 e. The van der Waals surface area contributed by atoms with E-state index >= 15 is 0 Å². The van der Waals surface area contributed by atoms with Crippen LogP contribution in [0, 0.1) is 5.92 Å². The zero-order valence-electron chi connectivity index (χ0n) is 7.66. The maximum atomic E-state index is 11.3. The Morgan fingerprint density at radius 3 is 2.54 bits per heavy atom. The second-order valence-corrected chi connectivity index (χ2v) is 3.75. The molecule has 0 N–H and O–H groups in total. The number of carbonyl (C=O) groups excluding carboxylic acids is 1. The molecule has 0 amide bonds. The lowest BCUT2D eigenvalue weighted by Gasteiger charge is -2.07. The molecule has 1 atom stereocenters. The Bertz CT molecular complexity index is 269. The third-order valence-electron chi connectivity index (χ3n) is 2.07. The zero-order valence-corrected chi connectivity index (χ0v) is 9.25. The predicted octanol–water partition coefficient (Wildman–Crippen LogP) is 2.83. The Kier molecular flexibility index (Phi) is 4.16. The Labute approximate surface area is 87.3 Å². The highest BCUT2D eigenvalue weighted by Crippen LogP contribution is 2.09. The first kappa shape index (κ1) is 10.5. The molecule has 0 fully saturated rings. The molecule has 0 spiro atoms. The molecule has 0 aliphatic rings. The van der Waals surface area contributed by atoms with Crippen molar-refractivity contribution in [3.05, 3.63) is 35.9 Å². The number of ketones is 1. The first-order valence-electron chi connectivity index (χ1n) is 4.36. The van der Waals surface area contributed by atoms with Crippen molar-refractivity contribution < 1.29 is 4.79 Å². The molecule has 1 aromatic carbocycles.